The average molecular weight is 614 g/mol. The molecule has 232 valence electrons. The summed E-state index contributed by atoms with van der Waals surface area (Å²) in [5.41, 5.74) is 1.48. The molecule has 1 aliphatic carbocycles. The number of alkyl halides is 1. The second-order valence-corrected chi connectivity index (χ2v) is 11.5. The maximum atomic E-state index is 14.9. The first-order chi connectivity index (χ1) is 21.7. The zero-order chi connectivity index (χ0) is 31.6. The number of likely N-dealkylation sites (tertiary alicyclic amines) is 1. The van der Waals surface area contributed by atoms with E-state index in [-0.39, 0.29) is 42.3 Å². The van der Waals surface area contributed by atoms with E-state index in [1.807, 2.05) is 30.3 Å². The number of carbonyl (C=O) groups excluding carboxylic acids is 3. The van der Waals surface area contributed by atoms with Gasteiger partial charge in [0, 0.05) is 6.42 Å². The fourth-order valence-electron chi connectivity index (χ4n) is 6.39. The summed E-state index contributed by atoms with van der Waals surface area (Å²) in [6.07, 6.45) is 2.09. The number of halogens is 1. The standard InChI is InChI=1S/C33H32FN5O6/c34-24-17-27(29(40)37-28-14-13-26-25(36-28)18-35-39(26)32(43)44)38(19-24)31(42)33(15-5-2-6-16-33)23-11-9-22(10-12-23)30(41)45-20-21-7-3-1-4-8-21/h1,3-4,7-14,18,24,27H,2,5-6,15-17,19-20H2,(H,43,44)(H,36,37,40)/t24-,27-/m1/s1. The SMILES string of the molecule is O=C(OCc1ccccc1)c1ccc(C2(C(=O)N3C[C@H](F)C[C@@H]3C(=O)Nc3ccc4c(cnn4C(=O)O)n3)CCCCC2)cc1. The molecule has 11 nitrogen and oxygen atoms in total. The smallest absolute Gasteiger partial charge is 0.432 e. The molecule has 2 aliphatic rings. The average Bonchev–Trinajstić information content (AvgIpc) is 3.67. The fraction of sp³-hybridized carbons (Fsp3) is 0.333. The minimum Gasteiger partial charge on any atom is -0.463 e. The summed E-state index contributed by atoms with van der Waals surface area (Å²) in [7, 11) is 0. The largest absolute Gasteiger partial charge is 0.463 e. The number of rotatable bonds is 7. The van der Waals surface area contributed by atoms with E-state index >= 15 is 0 Å². The Morgan fingerprint density at radius 1 is 0.978 bits per heavy atom. The molecule has 3 heterocycles. The van der Waals surface area contributed by atoms with Crippen LogP contribution in [0.1, 0.15) is 60.0 Å². The highest BCUT2D eigenvalue weighted by Crippen LogP contribution is 2.43. The number of hydrogen-bond donors (Lipinski definition) is 2. The molecule has 6 rings (SSSR count). The molecule has 1 saturated carbocycles. The van der Waals surface area contributed by atoms with Crippen molar-refractivity contribution < 1.29 is 33.4 Å². The topological polar surface area (TPSA) is 144 Å². The summed E-state index contributed by atoms with van der Waals surface area (Å²) >= 11 is 0. The van der Waals surface area contributed by atoms with Gasteiger partial charge in [-0.1, -0.05) is 61.7 Å². The van der Waals surface area contributed by atoms with Crippen molar-refractivity contribution in [2.75, 3.05) is 11.9 Å². The van der Waals surface area contributed by atoms with Crippen LogP contribution < -0.4 is 5.32 Å². The van der Waals surface area contributed by atoms with Crippen LogP contribution in [-0.2, 0) is 26.3 Å². The van der Waals surface area contributed by atoms with Gasteiger partial charge in [-0.15, -0.1) is 0 Å². The van der Waals surface area contributed by atoms with Gasteiger partial charge in [0.2, 0.25) is 11.8 Å². The van der Waals surface area contributed by atoms with Crippen molar-refractivity contribution in [2.45, 2.75) is 62.8 Å². The molecule has 1 saturated heterocycles. The lowest BCUT2D eigenvalue weighted by Crippen LogP contribution is -2.52. The number of pyridine rings is 1. The Balaban J connectivity index is 1.20. The molecule has 45 heavy (non-hydrogen) atoms. The van der Waals surface area contributed by atoms with Gasteiger partial charge >= 0.3 is 12.1 Å². The van der Waals surface area contributed by atoms with Gasteiger partial charge in [-0.25, -0.2) is 19.0 Å². The molecule has 1 aliphatic heterocycles. The van der Waals surface area contributed by atoms with E-state index in [1.54, 1.807) is 24.3 Å². The van der Waals surface area contributed by atoms with Crippen LogP contribution in [0.25, 0.3) is 11.0 Å². The van der Waals surface area contributed by atoms with E-state index < -0.39 is 35.6 Å². The second-order valence-electron chi connectivity index (χ2n) is 11.5. The van der Waals surface area contributed by atoms with E-state index in [2.05, 4.69) is 15.4 Å². The monoisotopic (exact) mass is 613 g/mol. The van der Waals surface area contributed by atoms with Gasteiger partial charge in [-0.3, -0.25) is 9.59 Å². The number of benzene rings is 2. The molecule has 2 aromatic heterocycles. The normalized spacial score (nSPS) is 19.3. The lowest BCUT2D eigenvalue weighted by atomic mass is 9.68. The summed E-state index contributed by atoms with van der Waals surface area (Å²) in [6.45, 7) is -0.0670. The van der Waals surface area contributed by atoms with E-state index in [4.69, 9.17) is 4.74 Å². The number of aromatic nitrogens is 3. The van der Waals surface area contributed by atoms with E-state index in [0.717, 1.165) is 35.1 Å². The van der Waals surface area contributed by atoms with Gasteiger partial charge in [-0.2, -0.15) is 9.78 Å². The van der Waals surface area contributed by atoms with Crippen LogP contribution in [0.2, 0.25) is 0 Å². The van der Waals surface area contributed by atoms with Crippen LogP contribution in [0.5, 0.6) is 0 Å². The first kappa shape index (κ1) is 29.9. The first-order valence-corrected chi connectivity index (χ1v) is 14.9. The van der Waals surface area contributed by atoms with Crippen LogP contribution >= 0.6 is 0 Å². The van der Waals surface area contributed by atoms with Gasteiger partial charge < -0.3 is 20.1 Å². The first-order valence-electron chi connectivity index (χ1n) is 14.9. The maximum Gasteiger partial charge on any atom is 0.432 e. The van der Waals surface area contributed by atoms with Crippen molar-refractivity contribution in [3.8, 4) is 0 Å². The highest BCUT2D eigenvalue weighted by Gasteiger charge is 2.49. The predicted octanol–water partition coefficient (Wildman–Crippen LogP) is 5.09. The molecule has 0 unspecified atom stereocenters. The van der Waals surface area contributed by atoms with Crippen LogP contribution in [0.3, 0.4) is 0 Å². The summed E-state index contributed by atoms with van der Waals surface area (Å²) < 4.78 is 21.1. The summed E-state index contributed by atoms with van der Waals surface area (Å²) in [4.78, 5) is 57.5. The number of nitrogens with zero attached hydrogens (tertiary/aromatic N) is 4. The lowest BCUT2D eigenvalue weighted by molar-refractivity contribution is -0.143. The quantitative estimate of drug-likeness (QED) is 0.274. The van der Waals surface area contributed by atoms with Crippen LogP contribution in [0.15, 0.2) is 72.9 Å². The number of ether oxygens (including phenoxy) is 1. The number of carbonyl (C=O) groups is 4. The molecule has 2 atom stereocenters. The van der Waals surface area contributed by atoms with Crippen molar-refractivity contribution in [1.82, 2.24) is 19.7 Å². The molecular formula is C33H32FN5O6. The maximum absolute atomic E-state index is 14.9. The Labute approximate surface area is 258 Å². The summed E-state index contributed by atoms with van der Waals surface area (Å²) in [6, 6.07) is 18.0. The molecule has 0 bridgehead atoms. The molecular weight excluding hydrogens is 581 g/mol. The molecule has 2 amide bonds. The van der Waals surface area contributed by atoms with Gasteiger partial charge in [0.1, 0.15) is 30.2 Å². The van der Waals surface area contributed by atoms with Crippen LogP contribution in [0, 0.1) is 0 Å². The Morgan fingerprint density at radius 2 is 1.71 bits per heavy atom. The van der Waals surface area contributed by atoms with Gasteiger partial charge in [0.25, 0.3) is 0 Å². The third kappa shape index (κ3) is 6.00. The number of hydrogen-bond acceptors (Lipinski definition) is 7. The van der Waals surface area contributed by atoms with Crippen molar-refractivity contribution in [3.63, 3.8) is 0 Å². The minimum atomic E-state index is -1.38. The molecule has 2 aromatic carbocycles. The Kier molecular flexibility index (Phi) is 8.29. The molecule has 0 spiro atoms. The summed E-state index contributed by atoms with van der Waals surface area (Å²) in [5.74, 6) is -1.24. The molecule has 2 N–H and O–H groups in total. The van der Waals surface area contributed by atoms with Crippen molar-refractivity contribution in [2.24, 2.45) is 0 Å². The van der Waals surface area contributed by atoms with E-state index in [9.17, 15) is 28.7 Å². The third-order valence-corrected chi connectivity index (χ3v) is 8.67. The number of carboxylic acid groups (broad SMARTS) is 1. The van der Waals surface area contributed by atoms with Crippen molar-refractivity contribution in [1.29, 1.82) is 0 Å². The van der Waals surface area contributed by atoms with Gasteiger partial charge in [0.05, 0.1) is 29.2 Å². The number of esters is 1. The molecule has 2 fully saturated rings. The number of anilines is 1. The summed E-state index contributed by atoms with van der Waals surface area (Å²) in [5, 5.41) is 15.7. The second kappa shape index (κ2) is 12.5. The number of fused-ring (bicyclic) bond motifs is 1. The minimum absolute atomic E-state index is 0.134. The van der Waals surface area contributed by atoms with E-state index in [0.29, 0.717) is 18.4 Å². The highest BCUT2D eigenvalue weighted by molar-refractivity contribution is 6.00. The Morgan fingerprint density at radius 3 is 2.42 bits per heavy atom. The molecule has 4 aromatic rings. The Bertz CT molecular complexity index is 1740. The third-order valence-electron chi connectivity index (χ3n) is 8.67. The van der Waals surface area contributed by atoms with Gasteiger partial charge in [-0.05, 0) is 48.2 Å². The highest BCUT2D eigenvalue weighted by atomic mass is 19.1. The zero-order valence-corrected chi connectivity index (χ0v) is 24.4. The predicted molar refractivity (Wildman–Crippen MR) is 161 cm³/mol. The zero-order valence-electron chi connectivity index (χ0n) is 24.4. The molecule has 0 radical (unpaired) electrons. The number of nitrogens with one attached hydrogen (secondary N) is 1. The van der Waals surface area contributed by atoms with Gasteiger partial charge in [0.15, 0.2) is 0 Å². The van der Waals surface area contributed by atoms with Crippen molar-refractivity contribution in [3.05, 3.63) is 89.6 Å². The van der Waals surface area contributed by atoms with E-state index in [1.165, 1.54) is 23.2 Å². The lowest BCUT2D eigenvalue weighted by Gasteiger charge is -2.40. The van der Waals surface area contributed by atoms with Crippen molar-refractivity contribution >= 4 is 40.7 Å². The Hall–Kier alpha value is -5.13. The number of amides is 2. The van der Waals surface area contributed by atoms with Crippen LogP contribution in [0.4, 0.5) is 15.0 Å². The fourth-order valence-corrected chi connectivity index (χ4v) is 6.39. The van der Waals surface area contributed by atoms with Crippen LogP contribution in [-0.4, -0.2) is 67.4 Å². The molecule has 12 heteroatoms.